The monoisotopic (exact) mass is 495 g/mol. The maximum absolute atomic E-state index is 3.01. The molecule has 2 atom stereocenters. The minimum atomic E-state index is -0.715. The molecule has 35 heavy (non-hydrogen) atoms. The lowest BCUT2D eigenvalue weighted by Gasteiger charge is -2.50. The van der Waals surface area contributed by atoms with Crippen molar-refractivity contribution in [1.29, 1.82) is 0 Å². The van der Waals surface area contributed by atoms with Gasteiger partial charge in [-0.25, -0.2) is 4.44 Å². The van der Waals surface area contributed by atoms with Gasteiger partial charge < -0.3 is 0 Å². The van der Waals surface area contributed by atoms with Gasteiger partial charge in [0, 0.05) is 22.2 Å². The molecule has 0 saturated heterocycles. The molecule has 0 heterocycles. The lowest BCUT2D eigenvalue weighted by Crippen LogP contribution is -2.46. The van der Waals surface area contributed by atoms with Crippen molar-refractivity contribution in [3.63, 3.8) is 0 Å². The van der Waals surface area contributed by atoms with Gasteiger partial charge in [-0.3, -0.25) is 0 Å². The topological polar surface area (TPSA) is 3.24 Å². The zero-order chi connectivity index (χ0) is 24.0. The standard InChI is InChI=1S/C32H35NP2/c1-26-16-15-17-27(2)32(26)33(34(28-18-7-3-8-19-28)29-20-9-4-10-21-29)35(30-22-11-5-12-23-30)31-24-13-6-14-25-31/h3-14,18-27,32H,15-17H2,1-2H3. The average Bonchev–Trinajstić information content (AvgIpc) is 2.91. The number of benzene rings is 4. The quantitative estimate of drug-likeness (QED) is 0.245. The van der Waals surface area contributed by atoms with Crippen LogP contribution in [0.2, 0.25) is 0 Å². The summed E-state index contributed by atoms with van der Waals surface area (Å²) in [5, 5.41) is 5.77. The van der Waals surface area contributed by atoms with Gasteiger partial charge in [0.25, 0.3) is 0 Å². The Morgan fingerprint density at radius 3 is 1.06 bits per heavy atom. The van der Waals surface area contributed by atoms with Crippen molar-refractivity contribution in [1.82, 2.24) is 4.44 Å². The molecule has 1 saturated carbocycles. The van der Waals surface area contributed by atoms with Crippen molar-refractivity contribution in [3.8, 4) is 0 Å². The molecule has 1 fully saturated rings. The van der Waals surface area contributed by atoms with Crippen LogP contribution in [-0.4, -0.2) is 10.5 Å². The van der Waals surface area contributed by atoms with Crippen LogP contribution in [-0.2, 0) is 0 Å². The highest BCUT2D eigenvalue weighted by atomic mass is 31.2. The minimum Gasteiger partial charge on any atom is -0.241 e. The molecule has 178 valence electrons. The van der Waals surface area contributed by atoms with E-state index in [0.717, 1.165) is 0 Å². The molecule has 3 heteroatoms. The number of nitrogens with zero attached hydrogens (tertiary/aromatic N) is 1. The van der Waals surface area contributed by atoms with E-state index in [2.05, 4.69) is 140 Å². The predicted octanol–water partition coefficient (Wildman–Crippen LogP) is 7.21. The maximum atomic E-state index is 3.01. The van der Waals surface area contributed by atoms with E-state index in [4.69, 9.17) is 0 Å². The Balaban J connectivity index is 1.77. The lowest BCUT2D eigenvalue weighted by atomic mass is 9.79. The largest absolute Gasteiger partial charge is 0.241 e. The molecule has 0 aromatic heterocycles. The summed E-state index contributed by atoms with van der Waals surface area (Å²) in [6.07, 6.45) is 3.96. The van der Waals surface area contributed by atoms with Crippen LogP contribution in [0.25, 0.3) is 0 Å². The molecule has 0 N–H and O–H groups in total. The smallest absolute Gasteiger partial charge is 0.0326 e. The first-order valence-corrected chi connectivity index (χ1v) is 15.4. The molecular weight excluding hydrogens is 460 g/mol. The van der Waals surface area contributed by atoms with Gasteiger partial charge in [-0.15, -0.1) is 0 Å². The van der Waals surface area contributed by atoms with Gasteiger partial charge in [-0.2, -0.15) is 0 Å². The Morgan fingerprint density at radius 1 is 0.486 bits per heavy atom. The second kappa shape index (κ2) is 11.6. The molecule has 4 aromatic rings. The van der Waals surface area contributed by atoms with Crippen molar-refractivity contribution in [2.24, 2.45) is 11.8 Å². The van der Waals surface area contributed by atoms with Crippen LogP contribution in [0.5, 0.6) is 0 Å². The fourth-order valence-electron chi connectivity index (χ4n) is 5.52. The molecule has 0 radical (unpaired) electrons. The van der Waals surface area contributed by atoms with Crippen molar-refractivity contribution < 1.29 is 0 Å². The van der Waals surface area contributed by atoms with E-state index in [9.17, 15) is 0 Å². The first kappa shape index (κ1) is 24.4. The Morgan fingerprint density at radius 2 is 0.771 bits per heavy atom. The first-order valence-electron chi connectivity index (χ1n) is 12.8. The fraction of sp³-hybridized carbons (Fsp3) is 0.250. The first-order chi connectivity index (χ1) is 17.2. The molecule has 4 aromatic carbocycles. The summed E-state index contributed by atoms with van der Waals surface area (Å²) in [4.78, 5) is 0. The summed E-state index contributed by atoms with van der Waals surface area (Å²) in [6, 6.07) is 45.7. The van der Waals surface area contributed by atoms with Crippen molar-refractivity contribution in [2.75, 3.05) is 0 Å². The lowest BCUT2D eigenvalue weighted by molar-refractivity contribution is 0.191. The molecule has 5 rings (SSSR count). The second-order valence-corrected chi connectivity index (χ2v) is 14.2. The average molecular weight is 496 g/mol. The molecule has 2 unspecified atom stereocenters. The van der Waals surface area contributed by atoms with Crippen LogP contribution in [0.3, 0.4) is 0 Å². The number of rotatable bonds is 7. The summed E-state index contributed by atoms with van der Waals surface area (Å²) in [5.41, 5.74) is 0. The number of hydrogen-bond donors (Lipinski definition) is 0. The summed E-state index contributed by atoms with van der Waals surface area (Å²) >= 11 is 0. The minimum absolute atomic E-state index is 0.529. The van der Waals surface area contributed by atoms with Gasteiger partial charge in [0.05, 0.1) is 0 Å². The number of hydrogen-bond acceptors (Lipinski definition) is 1. The molecule has 0 spiro atoms. The fourth-order valence-corrected chi connectivity index (χ4v) is 12.3. The van der Waals surface area contributed by atoms with Gasteiger partial charge in [-0.1, -0.05) is 142 Å². The van der Waals surface area contributed by atoms with Gasteiger partial charge in [0.15, 0.2) is 0 Å². The van der Waals surface area contributed by atoms with E-state index in [-0.39, 0.29) is 0 Å². The van der Waals surface area contributed by atoms with E-state index in [1.165, 1.54) is 40.5 Å². The highest BCUT2D eigenvalue weighted by Gasteiger charge is 2.42. The highest BCUT2D eigenvalue weighted by Crippen LogP contribution is 2.59. The predicted molar refractivity (Wildman–Crippen MR) is 156 cm³/mol. The Hall–Kier alpha value is -2.30. The van der Waals surface area contributed by atoms with E-state index < -0.39 is 16.1 Å². The summed E-state index contributed by atoms with van der Waals surface area (Å²) in [7, 11) is -1.43. The van der Waals surface area contributed by atoms with E-state index in [1.807, 2.05) is 0 Å². The van der Waals surface area contributed by atoms with E-state index in [1.54, 1.807) is 0 Å². The van der Waals surface area contributed by atoms with E-state index in [0.29, 0.717) is 17.9 Å². The Bertz CT molecular complexity index is 995. The second-order valence-electron chi connectivity index (χ2n) is 9.66. The van der Waals surface area contributed by atoms with Crippen LogP contribution < -0.4 is 21.2 Å². The molecule has 1 aliphatic rings. The SMILES string of the molecule is CC1CCCC(C)C1N(P(c1ccccc1)c1ccccc1)P(c1ccccc1)c1ccccc1. The Kier molecular flexibility index (Phi) is 8.10. The van der Waals surface area contributed by atoms with Gasteiger partial charge >= 0.3 is 0 Å². The van der Waals surface area contributed by atoms with Crippen molar-refractivity contribution in [3.05, 3.63) is 121 Å². The Labute approximate surface area is 213 Å². The zero-order valence-electron chi connectivity index (χ0n) is 20.7. The zero-order valence-corrected chi connectivity index (χ0v) is 22.5. The van der Waals surface area contributed by atoms with E-state index >= 15 is 0 Å². The van der Waals surface area contributed by atoms with Crippen LogP contribution in [0, 0.1) is 11.8 Å². The molecule has 1 aliphatic carbocycles. The molecule has 1 nitrogen and oxygen atoms in total. The van der Waals surface area contributed by atoms with Crippen LogP contribution in [0.1, 0.15) is 33.1 Å². The highest BCUT2D eigenvalue weighted by molar-refractivity contribution is 7.84. The van der Waals surface area contributed by atoms with Crippen LogP contribution in [0.4, 0.5) is 0 Å². The molecular formula is C32H35NP2. The molecule has 0 bridgehead atoms. The van der Waals surface area contributed by atoms with Crippen LogP contribution >= 0.6 is 16.1 Å². The molecule has 0 amide bonds. The van der Waals surface area contributed by atoms with Crippen LogP contribution in [0.15, 0.2) is 121 Å². The summed E-state index contributed by atoms with van der Waals surface area (Å²) in [5.74, 6) is 1.32. The third-order valence-electron chi connectivity index (χ3n) is 7.16. The summed E-state index contributed by atoms with van der Waals surface area (Å²) < 4.78 is 3.01. The normalized spacial score (nSPS) is 20.4. The third kappa shape index (κ3) is 5.44. The van der Waals surface area contributed by atoms with Gasteiger partial charge in [-0.05, 0) is 45.9 Å². The van der Waals surface area contributed by atoms with Gasteiger partial charge in [0.2, 0.25) is 0 Å². The maximum Gasteiger partial charge on any atom is 0.0326 e. The molecule has 0 aliphatic heterocycles. The van der Waals surface area contributed by atoms with Crippen molar-refractivity contribution in [2.45, 2.75) is 39.2 Å². The van der Waals surface area contributed by atoms with Crippen molar-refractivity contribution >= 4 is 37.4 Å². The van der Waals surface area contributed by atoms with Gasteiger partial charge in [0.1, 0.15) is 0 Å². The summed E-state index contributed by atoms with van der Waals surface area (Å²) in [6.45, 7) is 5.00. The third-order valence-corrected chi connectivity index (χ3v) is 12.7.